The van der Waals surface area contributed by atoms with Crippen molar-refractivity contribution in [1.29, 1.82) is 0 Å². The van der Waals surface area contributed by atoms with Crippen molar-refractivity contribution in [3.05, 3.63) is 65.9 Å². The standard InChI is InChI=1S/C19H18ClN3O2S/c1-2-25-17-9-7-16(8-10-17)23-12-11-21-19(23)26-13-18(24)22-15-5-3-14(20)4-6-15/h3-12H,2,13H2,1H3,(H,22,24). The highest BCUT2D eigenvalue weighted by Crippen LogP contribution is 2.23. The van der Waals surface area contributed by atoms with Crippen molar-refractivity contribution < 1.29 is 9.53 Å². The largest absolute Gasteiger partial charge is 0.494 e. The predicted molar refractivity (Wildman–Crippen MR) is 106 cm³/mol. The quantitative estimate of drug-likeness (QED) is 0.599. The number of aromatic nitrogens is 2. The van der Waals surface area contributed by atoms with Crippen LogP contribution in [0.25, 0.3) is 5.69 Å². The fraction of sp³-hybridized carbons (Fsp3) is 0.158. The van der Waals surface area contributed by atoms with Gasteiger partial charge in [-0.2, -0.15) is 0 Å². The van der Waals surface area contributed by atoms with E-state index >= 15 is 0 Å². The van der Waals surface area contributed by atoms with Crippen molar-refractivity contribution in [2.45, 2.75) is 12.1 Å². The maximum Gasteiger partial charge on any atom is 0.234 e. The molecule has 0 aliphatic carbocycles. The maximum absolute atomic E-state index is 12.1. The molecule has 3 aromatic rings. The first-order valence-electron chi connectivity index (χ1n) is 8.10. The van der Waals surface area contributed by atoms with Gasteiger partial charge in [0.1, 0.15) is 5.75 Å². The average molecular weight is 388 g/mol. The maximum atomic E-state index is 12.1. The highest BCUT2D eigenvalue weighted by Gasteiger charge is 2.09. The van der Waals surface area contributed by atoms with E-state index < -0.39 is 0 Å². The number of carbonyl (C=O) groups excluding carboxylic acids is 1. The Labute approximate surface area is 161 Å². The first kappa shape index (κ1) is 18.4. The molecule has 0 unspecified atom stereocenters. The molecule has 1 aromatic heterocycles. The Bertz CT molecular complexity index is 863. The summed E-state index contributed by atoms with van der Waals surface area (Å²) in [5.74, 6) is 0.989. The Morgan fingerprint density at radius 2 is 1.92 bits per heavy atom. The third kappa shape index (κ3) is 4.80. The Kier molecular flexibility index (Phi) is 6.20. The molecule has 1 heterocycles. The van der Waals surface area contributed by atoms with Gasteiger partial charge >= 0.3 is 0 Å². The number of hydrogen-bond donors (Lipinski definition) is 1. The van der Waals surface area contributed by atoms with E-state index in [1.807, 2.05) is 42.0 Å². The number of halogens is 1. The molecule has 0 saturated carbocycles. The lowest BCUT2D eigenvalue weighted by molar-refractivity contribution is -0.113. The molecular weight excluding hydrogens is 370 g/mol. The zero-order valence-electron chi connectivity index (χ0n) is 14.2. The van der Waals surface area contributed by atoms with Crippen molar-refractivity contribution in [3.63, 3.8) is 0 Å². The number of imidazole rings is 1. The number of rotatable bonds is 7. The zero-order valence-corrected chi connectivity index (χ0v) is 15.8. The van der Waals surface area contributed by atoms with Crippen molar-refractivity contribution in [2.24, 2.45) is 0 Å². The lowest BCUT2D eigenvalue weighted by Gasteiger charge is -2.09. The van der Waals surface area contributed by atoms with E-state index in [1.165, 1.54) is 11.8 Å². The van der Waals surface area contributed by atoms with Crippen molar-refractivity contribution in [3.8, 4) is 11.4 Å². The van der Waals surface area contributed by atoms with Crippen molar-refractivity contribution in [2.75, 3.05) is 17.7 Å². The summed E-state index contributed by atoms with van der Waals surface area (Å²) in [5.41, 5.74) is 1.68. The predicted octanol–water partition coefficient (Wildman–Crippen LogP) is 4.66. The summed E-state index contributed by atoms with van der Waals surface area (Å²) >= 11 is 7.22. The Hall–Kier alpha value is -2.44. The minimum atomic E-state index is -0.0985. The van der Waals surface area contributed by atoms with Gasteiger partial charge in [-0.15, -0.1) is 0 Å². The second-order valence-corrected chi connectivity index (χ2v) is 6.73. The van der Waals surface area contributed by atoms with E-state index in [0.29, 0.717) is 11.6 Å². The molecule has 0 aliphatic heterocycles. The first-order chi connectivity index (χ1) is 12.7. The summed E-state index contributed by atoms with van der Waals surface area (Å²) in [7, 11) is 0. The number of thioether (sulfide) groups is 1. The summed E-state index contributed by atoms with van der Waals surface area (Å²) in [6.07, 6.45) is 3.59. The van der Waals surface area contributed by atoms with Gasteiger partial charge in [0.15, 0.2) is 5.16 Å². The van der Waals surface area contributed by atoms with Crippen LogP contribution in [0.15, 0.2) is 66.1 Å². The third-order valence-corrected chi connectivity index (χ3v) is 4.71. The molecule has 5 nitrogen and oxygen atoms in total. The number of benzene rings is 2. The second kappa shape index (κ2) is 8.78. The van der Waals surface area contributed by atoms with Gasteiger partial charge in [-0.3, -0.25) is 9.36 Å². The van der Waals surface area contributed by atoms with E-state index in [9.17, 15) is 4.79 Å². The third-order valence-electron chi connectivity index (χ3n) is 3.49. The Balaban J connectivity index is 1.61. The van der Waals surface area contributed by atoms with Crippen LogP contribution < -0.4 is 10.1 Å². The van der Waals surface area contributed by atoms with Crippen molar-refractivity contribution in [1.82, 2.24) is 9.55 Å². The molecule has 26 heavy (non-hydrogen) atoms. The highest BCUT2D eigenvalue weighted by atomic mass is 35.5. The summed E-state index contributed by atoms with van der Waals surface area (Å²) in [6, 6.07) is 14.8. The molecule has 0 bridgehead atoms. The van der Waals surface area contributed by atoms with Gasteiger partial charge in [-0.1, -0.05) is 23.4 Å². The van der Waals surface area contributed by atoms with Gasteiger partial charge in [0, 0.05) is 28.8 Å². The van der Waals surface area contributed by atoms with Crippen LogP contribution >= 0.6 is 23.4 Å². The molecule has 2 aromatic carbocycles. The van der Waals surface area contributed by atoms with Gasteiger partial charge in [0.25, 0.3) is 0 Å². The Morgan fingerprint density at radius 3 is 2.62 bits per heavy atom. The van der Waals surface area contributed by atoms with Gasteiger partial charge in [0.05, 0.1) is 12.4 Å². The van der Waals surface area contributed by atoms with E-state index in [1.54, 1.807) is 30.5 Å². The molecule has 0 atom stereocenters. The van der Waals surface area contributed by atoms with Crippen LogP contribution in [0.4, 0.5) is 5.69 Å². The van der Waals surface area contributed by atoms with Crippen molar-refractivity contribution >= 4 is 35.0 Å². The smallest absolute Gasteiger partial charge is 0.234 e. The number of anilines is 1. The van der Waals surface area contributed by atoms with Gasteiger partial charge < -0.3 is 10.1 Å². The zero-order chi connectivity index (χ0) is 18.4. The number of amides is 1. The number of nitrogens with zero attached hydrogens (tertiary/aromatic N) is 2. The number of carbonyl (C=O) groups is 1. The SMILES string of the molecule is CCOc1ccc(-n2ccnc2SCC(=O)Nc2ccc(Cl)cc2)cc1. The van der Waals surface area contributed by atoms with E-state index in [0.717, 1.165) is 22.3 Å². The monoisotopic (exact) mass is 387 g/mol. The van der Waals surface area contributed by atoms with Crippen LogP contribution in [0, 0.1) is 0 Å². The van der Waals surface area contributed by atoms with E-state index in [-0.39, 0.29) is 11.7 Å². The molecule has 0 fully saturated rings. The van der Waals surface area contributed by atoms with E-state index in [2.05, 4.69) is 10.3 Å². The number of hydrogen-bond acceptors (Lipinski definition) is 4. The molecule has 0 saturated heterocycles. The summed E-state index contributed by atoms with van der Waals surface area (Å²) < 4.78 is 7.40. The minimum Gasteiger partial charge on any atom is -0.494 e. The lowest BCUT2D eigenvalue weighted by atomic mass is 10.3. The van der Waals surface area contributed by atoms with E-state index in [4.69, 9.17) is 16.3 Å². The molecule has 7 heteroatoms. The van der Waals surface area contributed by atoms with Crippen LogP contribution in [0.2, 0.25) is 5.02 Å². The fourth-order valence-electron chi connectivity index (χ4n) is 2.32. The molecule has 3 rings (SSSR count). The molecular formula is C19H18ClN3O2S. The molecule has 1 N–H and O–H groups in total. The second-order valence-electron chi connectivity index (χ2n) is 5.35. The van der Waals surface area contributed by atoms with Crippen LogP contribution in [-0.4, -0.2) is 27.8 Å². The van der Waals surface area contributed by atoms with Crippen LogP contribution in [0.1, 0.15) is 6.92 Å². The Morgan fingerprint density at radius 1 is 1.19 bits per heavy atom. The highest BCUT2D eigenvalue weighted by molar-refractivity contribution is 7.99. The first-order valence-corrected chi connectivity index (χ1v) is 9.47. The lowest BCUT2D eigenvalue weighted by Crippen LogP contribution is -2.14. The molecule has 0 spiro atoms. The molecule has 1 amide bonds. The molecule has 0 aliphatic rings. The number of nitrogens with one attached hydrogen (secondary N) is 1. The minimum absolute atomic E-state index is 0.0985. The molecule has 0 radical (unpaired) electrons. The summed E-state index contributed by atoms with van der Waals surface area (Å²) in [4.78, 5) is 16.5. The van der Waals surface area contributed by atoms with Crippen LogP contribution in [0.3, 0.4) is 0 Å². The normalized spacial score (nSPS) is 10.5. The molecule has 134 valence electrons. The summed E-state index contributed by atoms with van der Waals surface area (Å²) in [6.45, 7) is 2.59. The van der Waals surface area contributed by atoms with Gasteiger partial charge in [-0.25, -0.2) is 4.98 Å². The number of ether oxygens (including phenoxy) is 1. The topological polar surface area (TPSA) is 56.2 Å². The van der Waals surface area contributed by atoms with Gasteiger partial charge in [0.2, 0.25) is 5.91 Å². The van der Waals surface area contributed by atoms with Crippen LogP contribution in [-0.2, 0) is 4.79 Å². The van der Waals surface area contributed by atoms with Crippen LogP contribution in [0.5, 0.6) is 5.75 Å². The summed E-state index contributed by atoms with van der Waals surface area (Å²) in [5, 5.41) is 4.22. The van der Waals surface area contributed by atoms with Gasteiger partial charge in [-0.05, 0) is 55.5 Å². The average Bonchev–Trinajstić information content (AvgIpc) is 3.11. The fourth-order valence-corrected chi connectivity index (χ4v) is 3.22.